The molecule has 1 unspecified atom stereocenters. The molecule has 3 amide bonds. The van der Waals surface area contributed by atoms with Crippen molar-refractivity contribution in [2.45, 2.75) is 56.6 Å². The lowest BCUT2D eigenvalue weighted by atomic mass is 9.90. The fraction of sp³-hybridized carbons (Fsp3) is 0.382. The van der Waals surface area contributed by atoms with Gasteiger partial charge in [-0.3, -0.25) is 14.4 Å². The van der Waals surface area contributed by atoms with Gasteiger partial charge >= 0.3 is 12.1 Å². The molecular weight excluding hydrogens is 585 g/mol. The molecule has 45 heavy (non-hydrogen) atoms. The van der Waals surface area contributed by atoms with E-state index >= 15 is 0 Å². The van der Waals surface area contributed by atoms with Gasteiger partial charge in [-0.15, -0.1) is 0 Å². The number of amides is 3. The van der Waals surface area contributed by atoms with Crippen LogP contribution < -0.4 is 11.1 Å². The van der Waals surface area contributed by atoms with E-state index in [1.807, 2.05) is 66.7 Å². The Hall–Kier alpha value is -4.22. The Balaban J connectivity index is 1.52. The van der Waals surface area contributed by atoms with Crippen LogP contribution in [0.3, 0.4) is 0 Å². The Morgan fingerprint density at radius 1 is 0.933 bits per heavy atom. The van der Waals surface area contributed by atoms with Crippen LogP contribution in [-0.4, -0.2) is 77.6 Å². The van der Waals surface area contributed by atoms with Gasteiger partial charge in [-0.1, -0.05) is 91.0 Å². The van der Waals surface area contributed by atoms with Gasteiger partial charge in [0, 0.05) is 31.2 Å². The maximum absolute atomic E-state index is 13.9. The van der Waals surface area contributed by atoms with Gasteiger partial charge in [-0.25, -0.2) is 0 Å². The second-order valence-corrected chi connectivity index (χ2v) is 12.0. The van der Waals surface area contributed by atoms with Crippen LogP contribution in [0.5, 0.6) is 0 Å². The molecule has 0 bridgehead atoms. The average molecular weight is 625 g/mol. The summed E-state index contributed by atoms with van der Waals surface area (Å²) in [5.74, 6) is -3.72. The third-order valence-electron chi connectivity index (χ3n) is 7.50. The first-order chi connectivity index (χ1) is 21.3. The van der Waals surface area contributed by atoms with Crippen molar-refractivity contribution in [2.75, 3.05) is 26.2 Å². The third kappa shape index (κ3) is 9.39. The number of halogens is 3. The van der Waals surface area contributed by atoms with Gasteiger partial charge in [0.1, 0.15) is 6.04 Å². The van der Waals surface area contributed by atoms with E-state index in [-0.39, 0.29) is 25.6 Å². The molecule has 1 saturated heterocycles. The Morgan fingerprint density at radius 3 is 1.98 bits per heavy atom. The van der Waals surface area contributed by atoms with E-state index in [1.165, 1.54) is 18.7 Å². The van der Waals surface area contributed by atoms with Crippen molar-refractivity contribution in [3.05, 3.63) is 108 Å². The number of alkyl halides is 3. The quantitative estimate of drug-likeness (QED) is 0.314. The van der Waals surface area contributed by atoms with Crippen molar-refractivity contribution in [3.8, 4) is 0 Å². The van der Waals surface area contributed by atoms with E-state index in [0.29, 0.717) is 11.3 Å². The van der Waals surface area contributed by atoms with Crippen LogP contribution in [0.4, 0.5) is 13.2 Å². The molecule has 2 atom stereocenters. The molecule has 3 aromatic carbocycles. The number of carbonyl (C=O) groups excluding carboxylic acids is 3. The van der Waals surface area contributed by atoms with Crippen LogP contribution in [0, 0.1) is 0 Å². The molecule has 1 heterocycles. The van der Waals surface area contributed by atoms with Crippen molar-refractivity contribution in [3.63, 3.8) is 0 Å². The van der Waals surface area contributed by atoms with E-state index in [1.54, 1.807) is 24.3 Å². The van der Waals surface area contributed by atoms with Gasteiger partial charge in [0.25, 0.3) is 0 Å². The molecule has 0 aromatic heterocycles. The molecular formula is C34H39F3N4O4. The summed E-state index contributed by atoms with van der Waals surface area (Å²) in [7, 11) is 0. The van der Waals surface area contributed by atoms with E-state index in [2.05, 4.69) is 5.32 Å². The molecule has 4 rings (SSSR count). The highest BCUT2D eigenvalue weighted by Crippen LogP contribution is 2.27. The number of nitrogens with one attached hydrogen (secondary N) is 1. The van der Waals surface area contributed by atoms with Crippen LogP contribution in [0.15, 0.2) is 91.0 Å². The van der Waals surface area contributed by atoms with Crippen molar-refractivity contribution < 1.29 is 32.3 Å². The first kappa shape index (κ1) is 33.7. The van der Waals surface area contributed by atoms with Crippen molar-refractivity contribution in [2.24, 2.45) is 5.73 Å². The zero-order chi connectivity index (χ0) is 32.6. The minimum absolute atomic E-state index is 0.0315. The van der Waals surface area contributed by atoms with Gasteiger partial charge in [0.15, 0.2) is 0 Å². The Labute approximate surface area is 261 Å². The Kier molecular flexibility index (Phi) is 11.0. The number of likely N-dealkylation sites (tertiary alicyclic amines) is 1. The molecule has 0 saturated carbocycles. The van der Waals surface area contributed by atoms with Gasteiger partial charge < -0.3 is 25.6 Å². The number of hydrogen-bond acceptors (Lipinski definition) is 5. The van der Waals surface area contributed by atoms with Crippen LogP contribution in [0.25, 0.3) is 0 Å². The topological polar surface area (TPSA) is 105 Å². The van der Waals surface area contributed by atoms with Crippen LogP contribution in [0.1, 0.15) is 42.9 Å². The lowest BCUT2D eigenvalue weighted by molar-refractivity contribution is -0.191. The fourth-order valence-corrected chi connectivity index (χ4v) is 5.44. The minimum atomic E-state index is -5.23. The van der Waals surface area contributed by atoms with Gasteiger partial charge in [-0.2, -0.15) is 13.2 Å². The summed E-state index contributed by atoms with van der Waals surface area (Å²) >= 11 is 0. The number of carbonyl (C=O) groups is 3. The summed E-state index contributed by atoms with van der Waals surface area (Å²) in [4.78, 5) is 42.0. The zero-order valence-corrected chi connectivity index (χ0v) is 25.4. The summed E-state index contributed by atoms with van der Waals surface area (Å²) in [5.41, 5.74) is 7.18. The zero-order valence-electron chi connectivity index (χ0n) is 25.4. The molecule has 11 heteroatoms. The van der Waals surface area contributed by atoms with Gasteiger partial charge in [-0.05, 0) is 37.0 Å². The number of nitrogens with zero attached hydrogens (tertiary/aromatic N) is 2. The number of rotatable bonds is 12. The van der Waals surface area contributed by atoms with E-state index in [0.717, 1.165) is 16.7 Å². The first-order valence-electron chi connectivity index (χ1n) is 14.8. The Bertz CT molecular complexity index is 1380. The first-order valence-corrected chi connectivity index (χ1v) is 14.8. The van der Waals surface area contributed by atoms with Gasteiger partial charge in [0.2, 0.25) is 11.8 Å². The largest absolute Gasteiger partial charge is 0.471 e. The molecule has 3 aromatic rings. The van der Waals surface area contributed by atoms with Crippen LogP contribution >= 0.6 is 0 Å². The number of ether oxygens (including phenoxy) is 1. The SMILES string of the molecule is CC(C)(N)CN(C(=O)C(F)(F)F)[C@H](COCc1ccccc1)C(=O)N1CCC(NC(=O)C(c2ccccc2)c2ccccc2)C1. The van der Waals surface area contributed by atoms with E-state index in [4.69, 9.17) is 10.5 Å². The summed E-state index contributed by atoms with van der Waals surface area (Å²) in [6.07, 6.45) is -4.84. The number of nitrogens with two attached hydrogens (primary N) is 1. The molecule has 0 aliphatic carbocycles. The second-order valence-electron chi connectivity index (χ2n) is 12.0. The summed E-state index contributed by atoms with van der Waals surface area (Å²) < 4.78 is 47.1. The lowest BCUT2D eigenvalue weighted by Gasteiger charge is -2.37. The average Bonchev–Trinajstić information content (AvgIpc) is 3.47. The van der Waals surface area contributed by atoms with Gasteiger partial charge in [0.05, 0.1) is 19.1 Å². The highest BCUT2D eigenvalue weighted by atomic mass is 19.4. The molecule has 1 fully saturated rings. The smallest absolute Gasteiger partial charge is 0.374 e. The van der Waals surface area contributed by atoms with E-state index < -0.39 is 54.7 Å². The predicted molar refractivity (Wildman–Crippen MR) is 164 cm³/mol. The van der Waals surface area contributed by atoms with Crippen LogP contribution in [-0.2, 0) is 25.7 Å². The monoisotopic (exact) mass is 624 g/mol. The lowest BCUT2D eigenvalue weighted by Crippen LogP contribution is -2.60. The highest BCUT2D eigenvalue weighted by Gasteiger charge is 2.48. The van der Waals surface area contributed by atoms with Crippen LogP contribution in [0.2, 0.25) is 0 Å². The second kappa shape index (κ2) is 14.7. The predicted octanol–water partition coefficient (Wildman–Crippen LogP) is 4.25. The standard InChI is InChI=1S/C34H39F3N4O4/c1-33(2,38)23-41(32(44)34(35,36)37)28(22-45-21-24-12-6-3-7-13-24)31(43)40-19-18-27(20-40)39-30(42)29(25-14-8-4-9-15-25)26-16-10-5-11-17-26/h3-17,27-29H,18-23,38H2,1-2H3,(H,39,42)/t27?,28-/m1/s1. The molecule has 0 spiro atoms. The number of hydrogen-bond donors (Lipinski definition) is 2. The van der Waals surface area contributed by atoms with E-state index in [9.17, 15) is 27.6 Å². The summed E-state index contributed by atoms with van der Waals surface area (Å²) in [6.45, 7) is 2.24. The third-order valence-corrected chi connectivity index (χ3v) is 7.50. The molecule has 8 nitrogen and oxygen atoms in total. The Morgan fingerprint density at radius 2 is 1.47 bits per heavy atom. The fourth-order valence-electron chi connectivity index (χ4n) is 5.44. The minimum Gasteiger partial charge on any atom is -0.374 e. The summed E-state index contributed by atoms with van der Waals surface area (Å²) in [6, 6.07) is 25.5. The highest BCUT2D eigenvalue weighted by molar-refractivity contribution is 5.91. The normalized spacial score (nSPS) is 16.0. The van der Waals surface area contributed by atoms with Crippen molar-refractivity contribution >= 4 is 17.7 Å². The molecule has 240 valence electrons. The van der Waals surface area contributed by atoms with Crippen molar-refractivity contribution in [1.82, 2.24) is 15.1 Å². The molecule has 1 aliphatic rings. The molecule has 3 N–H and O–H groups in total. The molecule has 1 aliphatic heterocycles. The maximum atomic E-state index is 13.9. The molecule has 0 radical (unpaired) electrons. The van der Waals surface area contributed by atoms with Crippen molar-refractivity contribution in [1.29, 1.82) is 0 Å². The number of benzene rings is 3. The summed E-state index contributed by atoms with van der Waals surface area (Å²) in [5, 5.41) is 3.03. The maximum Gasteiger partial charge on any atom is 0.471 e.